The lowest BCUT2D eigenvalue weighted by Crippen LogP contribution is -2.40. The van der Waals surface area contributed by atoms with E-state index in [0.717, 1.165) is 20.8 Å². The summed E-state index contributed by atoms with van der Waals surface area (Å²) < 4.78 is 6.16. The lowest BCUT2D eigenvalue weighted by atomic mass is 10.2. The second-order valence-corrected chi connectivity index (χ2v) is 13.1. The summed E-state index contributed by atoms with van der Waals surface area (Å²) in [7, 11) is -1.76. The molecule has 2 aromatic rings. The van der Waals surface area contributed by atoms with Crippen molar-refractivity contribution in [3.63, 3.8) is 0 Å². The summed E-state index contributed by atoms with van der Waals surface area (Å²) in [6.07, 6.45) is 3.00. The second kappa shape index (κ2) is 6.79. The molecule has 1 N–H and O–H groups in total. The molecule has 0 amide bonds. The van der Waals surface area contributed by atoms with E-state index in [1.165, 1.54) is 0 Å². The summed E-state index contributed by atoms with van der Waals surface area (Å²) in [5, 5.41) is 1.80. The predicted octanol–water partition coefficient (Wildman–Crippen LogP) is 5.54. The van der Waals surface area contributed by atoms with Crippen LogP contribution in [0.2, 0.25) is 23.2 Å². The fraction of sp³-hybridized carbons (Fsp3) is 0.438. The van der Waals surface area contributed by atoms with Crippen LogP contribution >= 0.6 is 23.4 Å². The molecule has 1 radical (unpaired) electrons. The van der Waals surface area contributed by atoms with E-state index in [1.807, 2.05) is 24.3 Å². The Hall–Kier alpha value is -0.753. The highest BCUT2D eigenvalue weighted by molar-refractivity contribution is 7.99. The van der Waals surface area contributed by atoms with E-state index >= 15 is 0 Å². The van der Waals surface area contributed by atoms with Crippen molar-refractivity contribution in [2.24, 2.45) is 0 Å². The lowest BCUT2D eigenvalue weighted by molar-refractivity contribution is 0.268. The van der Waals surface area contributed by atoms with Crippen LogP contribution in [0.1, 0.15) is 26.6 Å². The molecular formula is C16H22ClN2OSSi. The van der Waals surface area contributed by atoms with Gasteiger partial charge in [0.1, 0.15) is 17.0 Å². The molecule has 1 aromatic heterocycles. The minimum atomic E-state index is -1.76. The van der Waals surface area contributed by atoms with Crippen LogP contribution in [-0.4, -0.2) is 18.3 Å². The molecule has 6 heteroatoms. The van der Waals surface area contributed by atoms with Crippen molar-refractivity contribution in [2.75, 3.05) is 0 Å². The largest absolute Gasteiger partial charge is 0.409 e. The number of H-pyrrole nitrogens is 1. The maximum Gasteiger partial charge on any atom is 0.192 e. The van der Waals surface area contributed by atoms with Gasteiger partial charge in [0, 0.05) is 9.92 Å². The standard InChI is InChI=1S/C16H22ClN2OSSi/c1-16(2,3)22(4,5)20-11-14-18-10-15(19-14)21-13-8-6-7-12(17)9-13/h6-9H,11H2,1-5H3,(H,18,19). The first-order valence-corrected chi connectivity index (χ1v) is 11.3. The van der Waals surface area contributed by atoms with Gasteiger partial charge in [-0.1, -0.05) is 50.2 Å². The number of halogens is 1. The molecule has 0 aliphatic heterocycles. The first-order valence-electron chi connectivity index (χ1n) is 7.21. The van der Waals surface area contributed by atoms with Gasteiger partial charge in [0.2, 0.25) is 0 Å². The number of aromatic amines is 1. The van der Waals surface area contributed by atoms with E-state index in [4.69, 9.17) is 16.0 Å². The molecule has 0 fully saturated rings. The van der Waals surface area contributed by atoms with Crippen molar-refractivity contribution in [3.05, 3.63) is 41.3 Å². The van der Waals surface area contributed by atoms with Gasteiger partial charge in [-0.15, -0.1) is 0 Å². The van der Waals surface area contributed by atoms with Gasteiger partial charge in [-0.3, -0.25) is 0 Å². The van der Waals surface area contributed by atoms with Gasteiger partial charge in [0.15, 0.2) is 8.32 Å². The molecule has 0 bridgehead atoms. The summed E-state index contributed by atoms with van der Waals surface area (Å²) >= 11 is 7.55. The lowest BCUT2D eigenvalue weighted by Gasteiger charge is -2.35. The number of aromatic nitrogens is 2. The van der Waals surface area contributed by atoms with E-state index in [2.05, 4.69) is 50.0 Å². The monoisotopic (exact) mass is 353 g/mol. The molecular weight excluding hydrogens is 332 g/mol. The summed E-state index contributed by atoms with van der Waals surface area (Å²) in [6, 6.07) is 7.73. The number of rotatable bonds is 5. The van der Waals surface area contributed by atoms with Gasteiger partial charge in [-0.05, 0) is 36.3 Å². The number of nitrogens with one attached hydrogen (secondary N) is 1. The van der Waals surface area contributed by atoms with E-state index in [9.17, 15) is 0 Å². The third-order valence-corrected chi connectivity index (χ3v) is 9.54. The summed E-state index contributed by atoms with van der Waals surface area (Å²) in [5.74, 6) is 0.814. The smallest absolute Gasteiger partial charge is 0.192 e. The minimum absolute atomic E-state index is 0.196. The Morgan fingerprint density at radius 3 is 2.73 bits per heavy atom. The Labute approximate surface area is 143 Å². The first-order chi connectivity index (χ1) is 10.2. The predicted molar refractivity (Wildman–Crippen MR) is 95.0 cm³/mol. The van der Waals surface area contributed by atoms with Gasteiger partial charge < -0.3 is 9.41 Å². The molecule has 0 saturated carbocycles. The maximum absolute atomic E-state index is 6.16. The van der Waals surface area contributed by atoms with Crippen LogP contribution in [0.25, 0.3) is 0 Å². The molecule has 3 nitrogen and oxygen atoms in total. The minimum Gasteiger partial charge on any atom is -0.409 e. The van der Waals surface area contributed by atoms with Gasteiger partial charge in [-0.25, -0.2) is 4.98 Å². The fourth-order valence-electron chi connectivity index (χ4n) is 1.54. The number of hydrogen-bond acceptors (Lipinski definition) is 3. The SMILES string of the molecule is CC(C)(C)[Si](C)(C)OCc1n[c]c(Sc2cccc(Cl)c2)[nH]1. The van der Waals surface area contributed by atoms with Crippen LogP contribution in [0.5, 0.6) is 0 Å². The zero-order chi connectivity index (χ0) is 16.4. The Balaban J connectivity index is 1.97. The first kappa shape index (κ1) is 17.6. The molecule has 0 aliphatic rings. The van der Waals surface area contributed by atoms with Crippen molar-refractivity contribution >= 4 is 31.7 Å². The Kier molecular flexibility index (Phi) is 5.43. The van der Waals surface area contributed by atoms with Crippen molar-refractivity contribution in [3.8, 4) is 0 Å². The molecule has 0 atom stereocenters. The van der Waals surface area contributed by atoms with Crippen LogP contribution in [0.15, 0.2) is 34.2 Å². The average Bonchev–Trinajstić information content (AvgIpc) is 2.83. The van der Waals surface area contributed by atoms with Crippen molar-refractivity contribution in [1.29, 1.82) is 0 Å². The molecule has 0 saturated heterocycles. The van der Waals surface area contributed by atoms with Gasteiger partial charge in [-0.2, -0.15) is 0 Å². The summed E-state index contributed by atoms with van der Waals surface area (Å²) in [5.41, 5.74) is 0. The summed E-state index contributed by atoms with van der Waals surface area (Å²) in [4.78, 5) is 8.60. The molecule has 119 valence electrons. The molecule has 22 heavy (non-hydrogen) atoms. The fourth-order valence-corrected chi connectivity index (χ4v) is 3.55. The Morgan fingerprint density at radius 2 is 2.09 bits per heavy atom. The topological polar surface area (TPSA) is 37.9 Å². The Morgan fingerprint density at radius 1 is 1.36 bits per heavy atom. The van der Waals surface area contributed by atoms with Gasteiger partial charge in [0.25, 0.3) is 0 Å². The molecule has 0 aliphatic carbocycles. The van der Waals surface area contributed by atoms with E-state index in [0.29, 0.717) is 6.61 Å². The quantitative estimate of drug-likeness (QED) is 0.717. The number of hydrogen-bond donors (Lipinski definition) is 1. The van der Waals surface area contributed by atoms with E-state index in [-0.39, 0.29) is 5.04 Å². The Bertz CT molecular complexity index is 637. The molecule has 1 aromatic carbocycles. The average molecular weight is 354 g/mol. The van der Waals surface area contributed by atoms with Crippen LogP contribution < -0.4 is 0 Å². The van der Waals surface area contributed by atoms with Gasteiger partial charge >= 0.3 is 0 Å². The van der Waals surface area contributed by atoms with E-state index < -0.39 is 8.32 Å². The number of imidazole rings is 1. The van der Waals surface area contributed by atoms with Crippen molar-refractivity contribution in [2.45, 2.75) is 55.4 Å². The molecule has 1 heterocycles. The number of nitrogens with zero attached hydrogens (tertiary/aromatic N) is 1. The van der Waals surface area contributed by atoms with Crippen LogP contribution in [0, 0.1) is 6.20 Å². The molecule has 0 unspecified atom stereocenters. The third-order valence-electron chi connectivity index (χ3n) is 3.94. The highest BCUT2D eigenvalue weighted by Gasteiger charge is 2.37. The van der Waals surface area contributed by atoms with Crippen LogP contribution in [-0.2, 0) is 11.0 Å². The zero-order valence-electron chi connectivity index (χ0n) is 13.7. The van der Waals surface area contributed by atoms with Crippen LogP contribution in [0.4, 0.5) is 0 Å². The normalized spacial score (nSPS) is 12.6. The van der Waals surface area contributed by atoms with Crippen LogP contribution in [0.3, 0.4) is 0 Å². The highest BCUT2D eigenvalue weighted by atomic mass is 35.5. The second-order valence-electron chi connectivity index (χ2n) is 6.73. The molecule has 0 spiro atoms. The van der Waals surface area contributed by atoms with Crippen molar-refractivity contribution in [1.82, 2.24) is 9.97 Å². The number of benzene rings is 1. The van der Waals surface area contributed by atoms with Crippen molar-refractivity contribution < 1.29 is 4.43 Å². The van der Waals surface area contributed by atoms with E-state index in [1.54, 1.807) is 11.8 Å². The van der Waals surface area contributed by atoms with Gasteiger partial charge in [0.05, 0.1) is 6.61 Å². The third kappa shape index (κ3) is 4.62. The molecule has 2 rings (SSSR count). The summed E-state index contributed by atoms with van der Waals surface area (Å²) in [6.45, 7) is 11.7. The zero-order valence-corrected chi connectivity index (χ0v) is 16.2. The highest BCUT2D eigenvalue weighted by Crippen LogP contribution is 2.37. The maximum atomic E-state index is 6.16.